The maximum Gasteiger partial charge on any atom is 0.420 e. The van der Waals surface area contributed by atoms with Gasteiger partial charge in [-0.3, -0.25) is 0 Å². The van der Waals surface area contributed by atoms with Crippen molar-refractivity contribution >= 4 is 22.4 Å². The molecule has 0 amide bonds. The van der Waals surface area contributed by atoms with Crippen LogP contribution in [0.1, 0.15) is 12.8 Å². The van der Waals surface area contributed by atoms with Crippen molar-refractivity contribution in [3.63, 3.8) is 0 Å². The van der Waals surface area contributed by atoms with Gasteiger partial charge in [0.05, 0.1) is 0 Å². The van der Waals surface area contributed by atoms with E-state index in [1.54, 1.807) is 0 Å². The summed E-state index contributed by atoms with van der Waals surface area (Å²) in [5.41, 5.74) is 0. The summed E-state index contributed by atoms with van der Waals surface area (Å²) >= 11 is 3.11. The van der Waals surface area contributed by atoms with E-state index < -0.39 is 6.36 Å². The summed E-state index contributed by atoms with van der Waals surface area (Å²) in [5, 5.41) is 0.718. The van der Waals surface area contributed by atoms with E-state index >= 15 is 0 Å². The highest BCUT2D eigenvalue weighted by atomic mass is 79.9. The highest BCUT2D eigenvalue weighted by Crippen LogP contribution is 2.03. The van der Waals surface area contributed by atoms with Gasteiger partial charge in [-0.1, -0.05) is 15.9 Å². The van der Waals surface area contributed by atoms with Gasteiger partial charge in [-0.05, 0) is 6.42 Å². The fourth-order valence-corrected chi connectivity index (χ4v) is 0.673. The SMILES string of the molecule is O=[C]OC(F)CCCBr. The molecule has 2 nitrogen and oxygen atoms in total. The Morgan fingerprint density at radius 3 is 2.89 bits per heavy atom. The molecule has 0 aliphatic rings. The molecule has 0 aliphatic heterocycles. The Labute approximate surface area is 61.5 Å². The van der Waals surface area contributed by atoms with E-state index in [2.05, 4.69) is 20.7 Å². The second kappa shape index (κ2) is 6.01. The van der Waals surface area contributed by atoms with Crippen LogP contribution in [-0.2, 0) is 9.53 Å². The normalized spacial score (nSPS) is 12.7. The van der Waals surface area contributed by atoms with Crippen LogP contribution in [0.4, 0.5) is 4.39 Å². The predicted molar refractivity (Wildman–Crippen MR) is 34.7 cm³/mol. The van der Waals surface area contributed by atoms with Crippen molar-refractivity contribution in [2.24, 2.45) is 0 Å². The third-order valence-corrected chi connectivity index (χ3v) is 1.30. The molecule has 1 unspecified atom stereocenters. The fourth-order valence-electron chi connectivity index (χ4n) is 0.349. The topological polar surface area (TPSA) is 26.3 Å². The zero-order valence-corrected chi connectivity index (χ0v) is 6.36. The first kappa shape index (κ1) is 8.88. The third kappa shape index (κ3) is 5.76. The van der Waals surface area contributed by atoms with Crippen LogP contribution < -0.4 is 0 Å². The van der Waals surface area contributed by atoms with Crippen molar-refractivity contribution in [3.8, 4) is 0 Å². The van der Waals surface area contributed by atoms with Gasteiger partial charge >= 0.3 is 6.47 Å². The molecule has 0 spiro atoms. The van der Waals surface area contributed by atoms with Crippen molar-refractivity contribution in [2.45, 2.75) is 19.2 Å². The Kier molecular flexibility index (Phi) is 5.93. The molecule has 0 N–H and O–H groups in total. The number of halogens is 2. The molecule has 0 saturated heterocycles. The summed E-state index contributed by atoms with van der Waals surface area (Å²) in [7, 11) is 0. The first-order chi connectivity index (χ1) is 4.31. The van der Waals surface area contributed by atoms with Crippen molar-refractivity contribution in [1.29, 1.82) is 0 Å². The Hall–Kier alpha value is -0.120. The van der Waals surface area contributed by atoms with E-state index in [9.17, 15) is 9.18 Å². The van der Waals surface area contributed by atoms with Gasteiger partial charge in [-0.15, -0.1) is 0 Å². The van der Waals surface area contributed by atoms with Gasteiger partial charge in [-0.2, -0.15) is 0 Å². The number of carbonyl (C=O) groups excluding carboxylic acids is 1. The smallest absolute Gasteiger partial charge is 0.420 e. The van der Waals surface area contributed by atoms with Crippen LogP contribution in [0.5, 0.6) is 0 Å². The van der Waals surface area contributed by atoms with Crippen molar-refractivity contribution in [3.05, 3.63) is 0 Å². The molecule has 0 aromatic heterocycles. The minimum atomic E-state index is -1.49. The van der Waals surface area contributed by atoms with Crippen molar-refractivity contribution in [1.82, 2.24) is 0 Å². The molecule has 0 rings (SSSR count). The lowest BCUT2D eigenvalue weighted by Gasteiger charge is -2.01. The molecule has 0 bridgehead atoms. The highest BCUT2D eigenvalue weighted by Gasteiger charge is 2.03. The van der Waals surface area contributed by atoms with Gasteiger partial charge in [0.25, 0.3) is 0 Å². The van der Waals surface area contributed by atoms with E-state index in [1.165, 1.54) is 0 Å². The van der Waals surface area contributed by atoms with Gasteiger partial charge in [0.1, 0.15) is 0 Å². The summed E-state index contributed by atoms with van der Waals surface area (Å²) in [6, 6.07) is 0. The number of hydrogen-bond donors (Lipinski definition) is 0. The van der Waals surface area contributed by atoms with Gasteiger partial charge in [0.2, 0.25) is 6.36 Å². The number of rotatable bonds is 5. The Morgan fingerprint density at radius 1 is 1.78 bits per heavy atom. The van der Waals surface area contributed by atoms with Gasteiger partial charge in [0.15, 0.2) is 0 Å². The minimum absolute atomic E-state index is 0.237. The maximum atomic E-state index is 12.1. The Bertz CT molecular complexity index is 79.4. The number of hydrogen-bond acceptors (Lipinski definition) is 2. The molecule has 0 aromatic rings. The lowest BCUT2D eigenvalue weighted by atomic mass is 10.3. The maximum absolute atomic E-state index is 12.1. The average molecular weight is 198 g/mol. The van der Waals surface area contributed by atoms with Gasteiger partial charge in [0, 0.05) is 11.8 Å². The molecular weight excluding hydrogens is 191 g/mol. The van der Waals surface area contributed by atoms with Crippen molar-refractivity contribution in [2.75, 3.05) is 5.33 Å². The highest BCUT2D eigenvalue weighted by molar-refractivity contribution is 9.09. The molecule has 53 valence electrons. The van der Waals surface area contributed by atoms with Crippen LogP contribution in [0.2, 0.25) is 0 Å². The van der Waals surface area contributed by atoms with Crippen LogP contribution in [0.15, 0.2) is 0 Å². The lowest BCUT2D eigenvalue weighted by Crippen LogP contribution is -2.04. The zero-order chi connectivity index (χ0) is 7.11. The molecule has 4 heteroatoms. The van der Waals surface area contributed by atoms with Gasteiger partial charge in [-0.25, -0.2) is 9.18 Å². The summed E-state index contributed by atoms with van der Waals surface area (Å²) in [6.07, 6.45) is -0.594. The quantitative estimate of drug-likeness (QED) is 0.626. The molecule has 0 aromatic carbocycles. The standard InChI is InChI=1S/C5H7BrFO2/c6-3-1-2-5(7)9-4-8/h5H,1-3H2. The summed E-state index contributed by atoms with van der Waals surface area (Å²) in [6.45, 7) is 1.04. The van der Waals surface area contributed by atoms with Crippen LogP contribution in [-0.4, -0.2) is 18.2 Å². The summed E-state index contributed by atoms with van der Waals surface area (Å²) in [5.74, 6) is 0. The monoisotopic (exact) mass is 197 g/mol. The minimum Gasteiger partial charge on any atom is -0.423 e. The Balaban J connectivity index is 3.04. The summed E-state index contributed by atoms with van der Waals surface area (Å²) in [4.78, 5) is 9.38. The van der Waals surface area contributed by atoms with Crippen LogP contribution >= 0.6 is 15.9 Å². The number of alkyl halides is 2. The van der Waals surface area contributed by atoms with Crippen LogP contribution in [0, 0.1) is 0 Å². The van der Waals surface area contributed by atoms with E-state index in [0.29, 0.717) is 6.42 Å². The molecular formula is C5H7BrFO2. The average Bonchev–Trinajstić information content (AvgIpc) is 1.85. The summed E-state index contributed by atoms with van der Waals surface area (Å²) < 4.78 is 15.9. The van der Waals surface area contributed by atoms with Crippen molar-refractivity contribution < 1.29 is 13.9 Å². The molecule has 0 fully saturated rings. The first-order valence-electron chi connectivity index (χ1n) is 2.54. The molecule has 0 saturated carbocycles. The molecule has 0 heterocycles. The largest absolute Gasteiger partial charge is 0.423 e. The zero-order valence-electron chi connectivity index (χ0n) is 4.77. The molecule has 1 radical (unpaired) electrons. The van der Waals surface area contributed by atoms with E-state index in [-0.39, 0.29) is 6.42 Å². The van der Waals surface area contributed by atoms with E-state index in [0.717, 1.165) is 11.8 Å². The predicted octanol–water partition coefficient (Wildman–Crippen LogP) is 1.54. The molecule has 0 aliphatic carbocycles. The van der Waals surface area contributed by atoms with Crippen LogP contribution in [0.25, 0.3) is 0 Å². The molecule has 9 heavy (non-hydrogen) atoms. The van der Waals surface area contributed by atoms with Crippen LogP contribution in [0.3, 0.4) is 0 Å². The second-order valence-corrected chi connectivity index (χ2v) is 2.24. The van der Waals surface area contributed by atoms with Gasteiger partial charge < -0.3 is 4.74 Å². The van der Waals surface area contributed by atoms with E-state index in [1.807, 2.05) is 0 Å². The number of ether oxygens (including phenoxy) is 1. The second-order valence-electron chi connectivity index (χ2n) is 1.44. The first-order valence-corrected chi connectivity index (χ1v) is 3.66. The lowest BCUT2D eigenvalue weighted by molar-refractivity contribution is 0.0439. The fraction of sp³-hybridized carbons (Fsp3) is 0.800. The Morgan fingerprint density at radius 2 is 2.44 bits per heavy atom. The van der Waals surface area contributed by atoms with E-state index in [4.69, 9.17) is 0 Å². The molecule has 1 atom stereocenters. The third-order valence-electron chi connectivity index (χ3n) is 0.741.